The Morgan fingerprint density at radius 3 is 2.00 bits per heavy atom. The fourth-order valence-corrected chi connectivity index (χ4v) is 2.68. The molecule has 2 aromatic carbocycles. The van der Waals surface area contributed by atoms with E-state index in [1.165, 1.54) is 0 Å². The van der Waals surface area contributed by atoms with Crippen LogP contribution in [0.5, 0.6) is 0 Å². The second-order valence-corrected chi connectivity index (χ2v) is 6.21. The summed E-state index contributed by atoms with van der Waals surface area (Å²) in [6, 6.07) is 20.1. The minimum atomic E-state index is -0.595. The first-order valence-electron chi connectivity index (χ1n) is 8.62. The summed E-state index contributed by atoms with van der Waals surface area (Å²) < 4.78 is 5.65. The summed E-state index contributed by atoms with van der Waals surface area (Å²) in [6.45, 7) is 6.56. The van der Waals surface area contributed by atoms with Crippen LogP contribution < -0.4 is 5.32 Å². The van der Waals surface area contributed by atoms with E-state index in [0.29, 0.717) is 6.61 Å². The Kier molecular flexibility index (Phi) is 6.56. The Morgan fingerprint density at radius 2 is 1.54 bits per heavy atom. The van der Waals surface area contributed by atoms with Gasteiger partial charge < -0.3 is 10.1 Å². The average molecular weight is 325 g/mol. The normalized spacial score (nSPS) is 12.6. The van der Waals surface area contributed by atoms with Gasteiger partial charge in [0.2, 0.25) is 5.91 Å². The molecule has 1 amide bonds. The zero-order chi connectivity index (χ0) is 17.4. The summed E-state index contributed by atoms with van der Waals surface area (Å²) >= 11 is 0. The number of carbonyl (C=O) groups excluding carboxylic acids is 1. The highest BCUT2D eigenvalue weighted by atomic mass is 16.5. The third kappa shape index (κ3) is 4.45. The van der Waals surface area contributed by atoms with Crippen LogP contribution in [0.1, 0.15) is 44.7 Å². The minimum absolute atomic E-state index is 0.0960. The Hall–Kier alpha value is -2.13. The van der Waals surface area contributed by atoms with Gasteiger partial charge in [0, 0.05) is 6.61 Å². The van der Waals surface area contributed by atoms with Gasteiger partial charge in [-0.25, -0.2) is 0 Å². The van der Waals surface area contributed by atoms with Crippen molar-refractivity contribution < 1.29 is 9.53 Å². The van der Waals surface area contributed by atoms with Crippen LogP contribution in [0.4, 0.5) is 0 Å². The molecule has 24 heavy (non-hydrogen) atoms. The molecule has 0 aliphatic heterocycles. The van der Waals surface area contributed by atoms with Crippen LogP contribution >= 0.6 is 0 Å². The number of nitrogens with one attached hydrogen (secondary N) is 1. The molecule has 0 aliphatic rings. The number of unbranched alkanes of at least 4 members (excludes halogenated alkanes) is 1. The van der Waals surface area contributed by atoms with Crippen molar-refractivity contribution in [2.45, 2.75) is 45.3 Å². The Morgan fingerprint density at radius 1 is 1.04 bits per heavy atom. The number of carbonyl (C=O) groups is 1. The minimum Gasteiger partial charge on any atom is -0.369 e. The lowest BCUT2D eigenvalue weighted by molar-refractivity contribution is -0.133. The molecule has 0 fully saturated rings. The molecule has 0 saturated heterocycles. The monoisotopic (exact) mass is 325 g/mol. The molecule has 0 bridgehead atoms. The average Bonchev–Trinajstić information content (AvgIpc) is 2.63. The molecule has 0 aliphatic carbocycles. The van der Waals surface area contributed by atoms with Crippen molar-refractivity contribution in [3.8, 4) is 0 Å². The fraction of sp³-hybridized carbons (Fsp3) is 0.381. The maximum absolute atomic E-state index is 12.7. The summed E-state index contributed by atoms with van der Waals surface area (Å²) in [5.41, 5.74) is 1.50. The van der Waals surface area contributed by atoms with Crippen LogP contribution in [0.3, 0.4) is 0 Å². The first kappa shape index (κ1) is 18.2. The molecule has 1 unspecified atom stereocenters. The summed E-state index contributed by atoms with van der Waals surface area (Å²) in [6.07, 6.45) is 1.55. The predicted molar refractivity (Wildman–Crippen MR) is 97.8 cm³/mol. The van der Waals surface area contributed by atoms with Crippen molar-refractivity contribution in [2.24, 2.45) is 0 Å². The summed E-state index contributed by atoms with van der Waals surface area (Å²) in [5, 5.41) is 3.19. The topological polar surface area (TPSA) is 38.3 Å². The number of hydrogen-bond acceptors (Lipinski definition) is 2. The molecule has 2 aromatic rings. The lowest BCUT2D eigenvalue weighted by Gasteiger charge is -2.33. The molecule has 0 heterocycles. The fourth-order valence-electron chi connectivity index (χ4n) is 2.68. The zero-order valence-electron chi connectivity index (χ0n) is 14.8. The maximum Gasteiger partial charge on any atom is 0.249 e. The van der Waals surface area contributed by atoms with Gasteiger partial charge in [-0.15, -0.1) is 0 Å². The number of amides is 1. The third-order valence-corrected chi connectivity index (χ3v) is 4.31. The van der Waals surface area contributed by atoms with Crippen molar-refractivity contribution in [2.75, 3.05) is 6.61 Å². The number of rotatable bonds is 8. The molecular weight excluding hydrogens is 298 g/mol. The number of benzene rings is 2. The summed E-state index contributed by atoms with van der Waals surface area (Å²) in [5.74, 6) is -0.0960. The Labute approximate surface area is 145 Å². The van der Waals surface area contributed by atoms with Gasteiger partial charge in [-0.3, -0.25) is 4.79 Å². The first-order valence-corrected chi connectivity index (χ1v) is 8.62. The van der Waals surface area contributed by atoms with E-state index in [0.717, 1.165) is 24.0 Å². The largest absolute Gasteiger partial charge is 0.369 e. The summed E-state index contributed by atoms with van der Waals surface area (Å²) in [7, 11) is 0. The van der Waals surface area contributed by atoms with Gasteiger partial charge in [0.1, 0.15) is 6.10 Å². The predicted octanol–water partition coefficient (Wildman–Crippen LogP) is 4.27. The highest BCUT2D eigenvalue weighted by molar-refractivity contribution is 5.82. The van der Waals surface area contributed by atoms with Gasteiger partial charge in [-0.2, -0.15) is 0 Å². The molecule has 0 spiro atoms. The van der Waals surface area contributed by atoms with Crippen LogP contribution in [0.2, 0.25) is 0 Å². The molecule has 3 heteroatoms. The van der Waals surface area contributed by atoms with Crippen molar-refractivity contribution in [3.63, 3.8) is 0 Å². The smallest absolute Gasteiger partial charge is 0.249 e. The highest BCUT2D eigenvalue weighted by Gasteiger charge is 2.32. The molecule has 2 rings (SSSR count). The number of hydrogen-bond donors (Lipinski definition) is 1. The second kappa shape index (κ2) is 8.65. The summed E-state index contributed by atoms with van der Waals surface area (Å²) in [4.78, 5) is 12.7. The quantitative estimate of drug-likeness (QED) is 0.736. The number of ether oxygens (including phenoxy) is 1. The van der Waals surface area contributed by atoms with Crippen LogP contribution in [0.15, 0.2) is 60.7 Å². The van der Waals surface area contributed by atoms with E-state index in [1.807, 2.05) is 67.6 Å². The Balaban J connectivity index is 2.23. The van der Waals surface area contributed by atoms with Crippen LogP contribution in [0, 0.1) is 0 Å². The van der Waals surface area contributed by atoms with Crippen LogP contribution in [-0.4, -0.2) is 18.6 Å². The van der Waals surface area contributed by atoms with Crippen molar-refractivity contribution in [1.29, 1.82) is 0 Å². The van der Waals surface area contributed by atoms with Gasteiger partial charge >= 0.3 is 0 Å². The van der Waals surface area contributed by atoms with E-state index in [1.54, 1.807) is 6.92 Å². The molecule has 0 aromatic heterocycles. The van der Waals surface area contributed by atoms with Gasteiger partial charge in [-0.1, -0.05) is 74.0 Å². The zero-order valence-corrected chi connectivity index (χ0v) is 14.8. The van der Waals surface area contributed by atoms with Crippen LogP contribution in [-0.2, 0) is 15.1 Å². The van der Waals surface area contributed by atoms with E-state index in [9.17, 15) is 4.79 Å². The van der Waals surface area contributed by atoms with Gasteiger partial charge in [0.25, 0.3) is 0 Å². The van der Waals surface area contributed by atoms with Crippen molar-refractivity contribution >= 4 is 5.91 Å². The molecule has 1 atom stereocenters. The molecule has 0 saturated carbocycles. The van der Waals surface area contributed by atoms with Crippen molar-refractivity contribution in [1.82, 2.24) is 5.32 Å². The molecule has 0 radical (unpaired) electrons. The molecule has 128 valence electrons. The highest BCUT2D eigenvalue weighted by Crippen LogP contribution is 2.29. The first-order chi connectivity index (χ1) is 11.6. The van der Waals surface area contributed by atoms with Gasteiger partial charge in [0.05, 0.1) is 5.54 Å². The standard InChI is InChI=1S/C21H27NO2/c1-4-5-16-24-17(2)20(23)22-21(3,18-12-8-6-9-13-18)19-14-10-7-11-15-19/h6-15,17H,4-5,16H2,1-3H3,(H,22,23). The van der Waals surface area contributed by atoms with E-state index < -0.39 is 11.6 Å². The lowest BCUT2D eigenvalue weighted by Crippen LogP contribution is -2.48. The molecule has 1 N–H and O–H groups in total. The van der Waals surface area contributed by atoms with E-state index in [-0.39, 0.29) is 5.91 Å². The van der Waals surface area contributed by atoms with Gasteiger partial charge in [0.15, 0.2) is 0 Å². The molecule has 3 nitrogen and oxygen atoms in total. The second-order valence-electron chi connectivity index (χ2n) is 6.21. The van der Waals surface area contributed by atoms with Gasteiger partial charge in [-0.05, 0) is 31.4 Å². The van der Waals surface area contributed by atoms with E-state index in [4.69, 9.17) is 4.74 Å². The van der Waals surface area contributed by atoms with E-state index in [2.05, 4.69) is 12.2 Å². The van der Waals surface area contributed by atoms with Crippen LogP contribution in [0.25, 0.3) is 0 Å². The SMILES string of the molecule is CCCCOC(C)C(=O)NC(C)(c1ccccc1)c1ccccc1. The van der Waals surface area contributed by atoms with Crippen molar-refractivity contribution in [3.05, 3.63) is 71.8 Å². The third-order valence-electron chi connectivity index (χ3n) is 4.31. The maximum atomic E-state index is 12.7. The van der Waals surface area contributed by atoms with E-state index >= 15 is 0 Å². The molecular formula is C21H27NO2. The Bertz CT molecular complexity index is 585. The lowest BCUT2D eigenvalue weighted by atomic mass is 9.84.